The molecule has 3 aliphatic heterocycles. The number of hydrogen-bond donors (Lipinski definition) is 0. The summed E-state index contributed by atoms with van der Waals surface area (Å²) in [6.45, 7) is 3.20. The van der Waals surface area contributed by atoms with Crippen LogP contribution in [0.2, 0.25) is 0 Å². The molecule has 0 N–H and O–H groups in total. The van der Waals surface area contributed by atoms with Gasteiger partial charge in [-0.15, -0.1) is 0 Å². The number of pyridine rings is 2. The molecule has 0 saturated carbocycles. The Balaban J connectivity index is 1.38. The molecule has 3 aromatic heterocycles. The van der Waals surface area contributed by atoms with Crippen LogP contribution in [0.3, 0.4) is 0 Å². The van der Waals surface area contributed by atoms with E-state index in [0.29, 0.717) is 22.9 Å². The molecule has 0 radical (unpaired) electrons. The Morgan fingerprint density at radius 3 is 2.38 bits per heavy atom. The molecule has 34 heavy (non-hydrogen) atoms. The lowest BCUT2D eigenvalue weighted by Gasteiger charge is -2.27. The maximum absolute atomic E-state index is 12.9. The minimum Gasteiger partial charge on any atom is -0.332 e. The Labute approximate surface area is 194 Å². The summed E-state index contributed by atoms with van der Waals surface area (Å²) in [5, 5.41) is 1.13. The highest BCUT2D eigenvalue weighted by Crippen LogP contribution is 2.40. The summed E-state index contributed by atoms with van der Waals surface area (Å²) in [4.78, 5) is 20.3. The zero-order valence-electron chi connectivity index (χ0n) is 18.6. The average molecular weight is 464 g/mol. The summed E-state index contributed by atoms with van der Waals surface area (Å²) < 4.78 is 42.2. The molecule has 0 atom stereocenters. The van der Waals surface area contributed by atoms with Gasteiger partial charge in [0.2, 0.25) is 0 Å². The molecule has 7 rings (SSSR count). The van der Waals surface area contributed by atoms with Crippen LogP contribution in [0.4, 0.5) is 13.2 Å². The zero-order chi connectivity index (χ0) is 23.6. The number of aromatic nitrogens is 3. The maximum atomic E-state index is 12.9. The third-order valence-electron chi connectivity index (χ3n) is 7.24. The van der Waals surface area contributed by atoms with Gasteiger partial charge >= 0.3 is 6.18 Å². The summed E-state index contributed by atoms with van der Waals surface area (Å²) in [6.07, 6.45) is -0.437. The summed E-state index contributed by atoms with van der Waals surface area (Å²) in [5.41, 5.74) is 3.70. The first kappa shape index (κ1) is 21.2. The van der Waals surface area contributed by atoms with Crippen LogP contribution >= 0.6 is 0 Å². The first-order valence-corrected chi connectivity index (χ1v) is 11.4. The third-order valence-corrected chi connectivity index (χ3v) is 7.24. The lowest BCUT2D eigenvalue weighted by Crippen LogP contribution is -2.29. The average Bonchev–Trinajstić information content (AvgIpc) is 2.97. The summed E-state index contributed by atoms with van der Waals surface area (Å²) in [6, 6.07) is 11.9. The molecule has 6 heterocycles. The minimum absolute atomic E-state index is 0.287. The molecule has 0 amide bonds. The second-order valence-corrected chi connectivity index (χ2v) is 9.21. The number of halogens is 3. The Bertz CT molecular complexity index is 1460. The van der Waals surface area contributed by atoms with Gasteiger partial charge in [-0.1, -0.05) is 12.1 Å². The van der Waals surface area contributed by atoms with Gasteiger partial charge in [-0.2, -0.15) is 13.2 Å². The van der Waals surface area contributed by atoms with Crippen molar-refractivity contribution in [1.82, 2.24) is 19.0 Å². The standard InChI is InChI=1S/C26H23F3N4O/c1-31-24-17-8-11-32(12-9-17)15-21(24)20-6-7-22(30-25(20)31)33-13-10-18(14-23(33)34)16-2-4-19(5-3-16)26(27,28)29/h2-7,10,13-14,17H,8-9,11-12,15H2,1H3. The van der Waals surface area contributed by atoms with Crippen LogP contribution in [0.25, 0.3) is 28.0 Å². The van der Waals surface area contributed by atoms with Gasteiger partial charge in [0.25, 0.3) is 5.56 Å². The molecule has 4 aromatic rings. The second-order valence-electron chi connectivity index (χ2n) is 9.21. The van der Waals surface area contributed by atoms with Gasteiger partial charge < -0.3 is 4.57 Å². The molecule has 5 nitrogen and oxygen atoms in total. The zero-order valence-corrected chi connectivity index (χ0v) is 18.6. The van der Waals surface area contributed by atoms with E-state index in [0.717, 1.165) is 55.6 Å². The molecule has 3 aliphatic rings. The number of piperidine rings is 1. The fourth-order valence-corrected chi connectivity index (χ4v) is 5.49. The summed E-state index contributed by atoms with van der Waals surface area (Å²) in [5.74, 6) is 1.07. The number of rotatable bonds is 2. The molecule has 2 bridgehead atoms. The monoisotopic (exact) mass is 464 g/mol. The SMILES string of the molecule is Cn1c2c(c3ccc(-n4ccc(-c5ccc(C(F)(F)F)cc5)cc4=O)nc31)CN1CCC2CC1. The first-order valence-electron chi connectivity index (χ1n) is 11.4. The fraction of sp³-hybridized carbons (Fsp3) is 0.308. The van der Waals surface area contributed by atoms with E-state index in [9.17, 15) is 18.0 Å². The fourth-order valence-electron chi connectivity index (χ4n) is 5.49. The van der Waals surface area contributed by atoms with Gasteiger partial charge in [-0.05, 0) is 73.0 Å². The number of fused-ring (bicyclic) bond motifs is 3. The van der Waals surface area contributed by atoms with Crippen molar-refractivity contribution >= 4 is 11.0 Å². The van der Waals surface area contributed by atoms with E-state index in [-0.39, 0.29) is 5.56 Å². The summed E-state index contributed by atoms with van der Waals surface area (Å²) >= 11 is 0. The smallest absolute Gasteiger partial charge is 0.332 e. The van der Waals surface area contributed by atoms with Crippen molar-refractivity contribution in [2.45, 2.75) is 31.5 Å². The van der Waals surface area contributed by atoms with Gasteiger partial charge in [-0.3, -0.25) is 14.3 Å². The van der Waals surface area contributed by atoms with Crippen molar-refractivity contribution in [2.75, 3.05) is 13.1 Å². The number of alkyl halides is 3. The van der Waals surface area contributed by atoms with Gasteiger partial charge in [-0.25, -0.2) is 4.98 Å². The van der Waals surface area contributed by atoms with Crippen LogP contribution in [-0.2, 0) is 19.8 Å². The van der Waals surface area contributed by atoms with Crippen LogP contribution in [-0.4, -0.2) is 32.1 Å². The van der Waals surface area contributed by atoms with Crippen LogP contribution in [0.5, 0.6) is 0 Å². The second kappa shape index (κ2) is 7.56. The maximum Gasteiger partial charge on any atom is 0.416 e. The lowest BCUT2D eigenvalue weighted by molar-refractivity contribution is -0.137. The van der Waals surface area contributed by atoms with E-state index in [2.05, 4.69) is 22.6 Å². The van der Waals surface area contributed by atoms with Crippen molar-refractivity contribution in [1.29, 1.82) is 0 Å². The number of aryl methyl sites for hydroxylation is 1. The van der Waals surface area contributed by atoms with Crippen molar-refractivity contribution in [3.05, 3.63) is 81.9 Å². The molecule has 174 valence electrons. The van der Waals surface area contributed by atoms with Gasteiger partial charge in [0.1, 0.15) is 11.5 Å². The van der Waals surface area contributed by atoms with Crippen LogP contribution in [0.15, 0.2) is 59.5 Å². The summed E-state index contributed by atoms with van der Waals surface area (Å²) in [7, 11) is 2.06. The number of benzene rings is 1. The minimum atomic E-state index is -4.39. The number of hydrogen-bond acceptors (Lipinski definition) is 3. The molecule has 0 aliphatic carbocycles. The van der Waals surface area contributed by atoms with E-state index in [1.807, 2.05) is 6.07 Å². The highest BCUT2D eigenvalue weighted by Gasteiger charge is 2.32. The van der Waals surface area contributed by atoms with Gasteiger partial charge in [0.05, 0.1) is 5.56 Å². The van der Waals surface area contributed by atoms with Crippen LogP contribution < -0.4 is 5.56 Å². The molecule has 1 saturated heterocycles. The normalized spacial score (nSPS) is 19.9. The van der Waals surface area contributed by atoms with Crippen molar-refractivity contribution in [2.24, 2.45) is 7.05 Å². The predicted molar refractivity (Wildman–Crippen MR) is 124 cm³/mol. The topological polar surface area (TPSA) is 43.1 Å². The van der Waals surface area contributed by atoms with Crippen LogP contribution in [0, 0.1) is 0 Å². The van der Waals surface area contributed by atoms with Gasteiger partial charge in [0.15, 0.2) is 0 Å². The molecule has 0 spiro atoms. The largest absolute Gasteiger partial charge is 0.416 e. The van der Waals surface area contributed by atoms with E-state index < -0.39 is 11.7 Å². The lowest BCUT2D eigenvalue weighted by atomic mass is 9.94. The Morgan fingerprint density at radius 1 is 0.971 bits per heavy atom. The quantitative estimate of drug-likeness (QED) is 0.415. The van der Waals surface area contributed by atoms with Crippen molar-refractivity contribution in [3.63, 3.8) is 0 Å². The third kappa shape index (κ3) is 3.36. The molecule has 8 heteroatoms. The van der Waals surface area contributed by atoms with Crippen LogP contribution in [0.1, 0.15) is 35.6 Å². The first-order chi connectivity index (χ1) is 16.3. The Morgan fingerprint density at radius 2 is 1.71 bits per heavy atom. The van der Waals surface area contributed by atoms with E-state index in [1.165, 1.54) is 34.0 Å². The van der Waals surface area contributed by atoms with Crippen molar-refractivity contribution in [3.8, 4) is 16.9 Å². The Kier molecular flexibility index (Phi) is 4.71. The Hall–Kier alpha value is -3.39. The van der Waals surface area contributed by atoms with E-state index in [4.69, 9.17) is 4.98 Å². The molecule has 1 fully saturated rings. The van der Waals surface area contributed by atoms with E-state index in [1.54, 1.807) is 12.3 Å². The molecule has 1 aromatic carbocycles. The number of nitrogens with zero attached hydrogens (tertiary/aromatic N) is 4. The van der Waals surface area contributed by atoms with Gasteiger partial charge in [0, 0.05) is 42.9 Å². The highest BCUT2D eigenvalue weighted by atomic mass is 19.4. The molecular formula is C26H23F3N4O. The highest BCUT2D eigenvalue weighted by molar-refractivity contribution is 5.83. The van der Waals surface area contributed by atoms with E-state index >= 15 is 0 Å². The molecule has 0 unspecified atom stereocenters. The predicted octanol–water partition coefficient (Wildman–Crippen LogP) is 5.10. The van der Waals surface area contributed by atoms with Crippen molar-refractivity contribution < 1.29 is 13.2 Å². The molecular weight excluding hydrogens is 441 g/mol.